The monoisotopic (exact) mass is 233 g/mol. The fourth-order valence-electron chi connectivity index (χ4n) is 1.65. The van der Waals surface area contributed by atoms with E-state index in [9.17, 15) is 14.3 Å². The summed E-state index contributed by atoms with van der Waals surface area (Å²) in [6.45, 7) is 2.12. The summed E-state index contributed by atoms with van der Waals surface area (Å²) in [6.07, 6.45) is 3.03. The number of hydrogen-bond acceptors (Lipinski definition) is 2. The molecule has 0 fully saturated rings. The first-order valence-electron chi connectivity index (χ1n) is 5.20. The molecule has 0 saturated carbocycles. The average Bonchev–Trinajstić information content (AvgIpc) is 2.29. The molecular formula is C13H12FNO2. The molecule has 17 heavy (non-hydrogen) atoms. The van der Waals surface area contributed by atoms with Gasteiger partial charge in [0, 0.05) is 18.3 Å². The summed E-state index contributed by atoms with van der Waals surface area (Å²) in [5, 5.41) is 9.41. The van der Waals surface area contributed by atoms with Crippen molar-refractivity contribution in [1.82, 2.24) is 4.57 Å². The molecule has 0 aliphatic rings. The highest BCUT2D eigenvalue weighted by atomic mass is 19.1. The number of aromatic hydroxyl groups is 1. The zero-order valence-corrected chi connectivity index (χ0v) is 9.35. The van der Waals surface area contributed by atoms with Gasteiger partial charge < -0.3 is 9.67 Å². The van der Waals surface area contributed by atoms with Crippen LogP contribution in [0, 0.1) is 12.7 Å². The number of aryl methyl sites for hydroxylation is 1. The van der Waals surface area contributed by atoms with E-state index in [1.807, 2.05) is 0 Å². The van der Waals surface area contributed by atoms with Crippen LogP contribution >= 0.6 is 0 Å². The molecule has 0 saturated heterocycles. The highest BCUT2D eigenvalue weighted by Gasteiger charge is 2.03. The van der Waals surface area contributed by atoms with E-state index in [-0.39, 0.29) is 17.0 Å². The van der Waals surface area contributed by atoms with Gasteiger partial charge in [0.15, 0.2) is 5.75 Å². The van der Waals surface area contributed by atoms with Crippen LogP contribution in [0.15, 0.2) is 41.5 Å². The van der Waals surface area contributed by atoms with Crippen LogP contribution in [-0.4, -0.2) is 9.67 Å². The Kier molecular flexibility index (Phi) is 2.95. The summed E-state index contributed by atoms with van der Waals surface area (Å²) >= 11 is 0. The van der Waals surface area contributed by atoms with Gasteiger partial charge in [-0.15, -0.1) is 0 Å². The van der Waals surface area contributed by atoms with Crippen molar-refractivity contribution in [2.24, 2.45) is 0 Å². The van der Waals surface area contributed by atoms with Gasteiger partial charge in [0.05, 0.1) is 6.20 Å². The average molecular weight is 233 g/mol. The van der Waals surface area contributed by atoms with Crippen molar-refractivity contribution in [2.45, 2.75) is 13.5 Å². The van der Waals surface area contributed by atoms with Crippen LogP contribution in [0.25, 0.3) is 0 Å². The molecule has 0 bridgehead atoms. The van der Waals surface area contributed by atoms with Gasteiger partial charge >= 0.3 is 0 Å². The van der Waals surface area contributed by atoms with E-state index >= 15 is 0 Å². The van der Waals surface area contributed by atoms with Crippen LogP contribution in [-0.2, 0) is 6.54 Å². The van der Waals surface area contributed by atoms with E-state index in [4.69, 9.17) is 0 Å². The highest BCUT2D eigenvalue weighted by Crippen LogP contribution is 2.08. The molecule has 2 aromatic rings. The second-order valence-corrected chi connectivity index (χ2v) is 3.95. The van der Waals surface area contributed by atoms with Crippen LogP contribution in [0.4, 0.5) is 4.39 Å². The van der Waals surface area contributed by atoms with Crippen LogP contribution in [0.2, 0.25) is 0 Å². The third kappa shape index (κ3) is 2.53. The number of rotatable bonds is 2. The molecule has 0 aliphatic carbocycles. The molecule has 1 aromatic heterocycles. The second kappa shape index (κ2) is 4.41. The van der Waals surface area contributed by atoms with Crippen molar-refractivity contribution < 1.29 is 9.50 Å². The van der Waals surface area contributed by atoms with Gasteiger partial charge in [-0.2, -0.15) is 0 Å². The quantitative estimate of drug-likeness (QED) is 0.862. The van der Waals surface area contributed by atoms with Crippen molar-refractivity contribution >= 4 is 0 Å². The Morgan fingerprint density at radius 2 is 1.88 bits per heavy atom. The minimum absolute atomic E-state index is 0.271. The predicted octanol–water partition coefficient (Wildman–Crippen LogP) is 2.05. The smallest absolute Gasteiger partial charge is 0.226 e. The maximum atomic E-state index is 12.7. The zero-order chi connectivity index (χ0) is 12.4. The summed E-state index contributed by atoms with van der Waals surface area (Å²) < 4.78 is 14.4. The topological polar surface area (TPSA) is 42.2 Å². The van der Waals surface area contributed by atoms with E-state index in [0.29, 0.717) is 12.1 Å². The SMILES string of the molecule is Cc1cn(Cc2ccc(F)cc2)cc(O)c1=O. The molecule has 0 spiro atoms. The van der Waals surface area contributed by atoms with Gasteiger partial charge in [-0.3, -0.25) is 4.79 Å². The number of aromatic nitrogens is 1. The van der Waals surface area contributed by atoms with E-state index in [0.717, 1.165) is 5.56 Å². The van der Waals surface area contributed by atoms with Gasteiger partial charge in [-0.25, -0.2) is 4.39 Å². The van der Waals surface area contributed by atoms with Gasteiger partial charge in [-0.05, 0) is 24.6 Å². The Bertz CT molecular complexity index is 561. The molecule has 1 aromatic carbocycles. The third-order valence-electron chi connectivity index (χ3n) is 2.52. The Morgan fingerprint density at radius 1 is 1.24 bits per heavy atom. The molecular weight excluding hydrogens is 221 g/mol. The number of nitrogens with zero attached hydrogens (tertiary/aromatic N) is 1. The summed E-state index contributed by atoms with van der Waals surface area (Å²) in [5.74, 6) is -0.556. The Balaban J connectivity index is 2.30. The Labute approximate surface area is 97.8 Å². The van der Waals surface area contributed by atoms with Crippen molar-refractivity contribution in [3.05, 3.63) is 63.8 Å². The minimum atomic E-state index is -0.361. The molecule has 1 N–H and O–H groups in total. The standard InChI is InChI=1S/C13H12FNO2/c1-9-6-15(8-12(16)13(9)17)7-10-2-4-11(14)5-3-10/h2-6,8,16H,7H2,1H3. The Morgan fingerprint density at radius 3 is 2.47 bits per heavy atom. The summed E-state index contributed by atoms with van der Waals surface area (Å²) in [5.41, 5.74) is 1.02. The normalized spacial score (nSPS) is 10.5. The molecule has 0 aliphatic heterocycles. The molecule has 4 heteroatoms. The second-order valence-electron chi connectivity index (χ2n) is 3.95. The van der Waals surface area contributed by atoms with E-state index < -0.39 is 0 Å². The van der Waals surface area contributed by atoms with Crippen molar-refractivity contribution in [2.75, 3.05) is 0 Å². The van der Waals surface area contributed by atoms with Gasteiger partial charge in [0.25, 0.3) is 0 Å². The lowest BCUT2D eigenvalue weighted by molar-refractivity contribution is 0.461. The maximum Gasteiger partial charge on any atom is 0.226 e. The number of halogens is 1. The zero-order valence-electron chi connectivity index (χ0n) is 9.35. The lowest BCUT2D eigenvalue weighted by atomic mass is 10.2. The molecule has 1 heterocycles. The van der Waals surface area contributed by atoms with Gasteiger partial charge in [0.2, 0.25) is 5.43 Å². The van der Waals surface area contributed by atoms with E-state index in [2.05, 4.69) is 0 Å². The number of hydrogen-bond donors (Lipinski definition) is 1. The van der Waals surface area contributed by atoms with Crippen LogP contribution in [0.1, 0.15) is 11.1 Å². The predicted molar refractivity (Wildman–Crippen MR) is 62.6 cm³/mol. The molecule has 0 radical (unpaired) electrons. The molecule has 0 amide bonds. The first-order chi connectivity index (χ1) is 8.06. The Hall–Kier alpha value is -2.10. The van der Waals surface area contributed by atoms with Gasteiger partial charge in [-0.1, -0.05) is 12.1 Å². The molecule has 0 unspecified atom stereocenters. The summed E-state index contributed by atoms with van der Waals surface area (Å²) in [7, 11) is 0. The number of pyridine rings is 1. The van der Waals surface area contributed by atoms with Crippen LogP contribution in [0.3, 0.4) is 0 Å². The summed E-state index contributed by atoms with van der Waals surface area (Å²) in [4.78, 5) is 11.3. The molecule has 3 nitrogen and oxygen atoms in total. The molecule has 0 atom stereocenters. The first-order valence-corrected chi connectivity index (χ1v) is 5.20. The van der Waals surface area contributed by atoms with E-state index in [1.54, 1.807) is 29.8 Å². The van der Waals surface area contributed by atoms with Crippen molar-refractivity contribution in [1.29, 1.82) is 0 Å². The molecule has 2 rings (SSSR count). The van der Waals surface area contributed by atoms with Crippen LogP contribution < -0.4 is 5.43 Å². The van der Waals surface area contributed by atoms with E-state index in [1.165, 1.54) is 18.3 Å². The van der Waals surface area contributed by atoms with Crippen LogP contribution in [0.5, 0.6) is 5.75 Å². The highest BCUT2D eigenvalue weighted by molar-refractivity contribution is 5.24. The fraction of sp³-hybridized carbons (Fsp3) is 0.154. The lowest BCUT2D eigenvalue weighted by Crippen LogP contribution is -2.10. The fourth-order valence-corrected chi connectivity index (χ4v) is 1.65. The first kappa shape index (κ1) is 11.4. The van der Waals surface area contributed by atoms with Crippen molar-refractivity contribution in [3.8, 4) is 5.75 Å². The van der Waals surface area contributed by atoms with Gasteiger partial charge in [0.1, 0.15) is 5.82 Å². The maximum absolute atomic E-state index is 12.7. The molecule has 88 valence electrons. The summed E-state index contributed by atoms with van der Waals surface area (Å²) in [6, 6.07) is 6.09. The largest absolute Gasteiger partial charge is 0.503 e. The van der Waals surface area contributed by atoms with Crippen molar-refractivity contribution in [3.63, 3.8) is 0 Å². The minimum Gasteiger partial charge on any atom is -0.503 e. The number of benzene rings is 1. The lowest BCUT2D eigenvalue weighted by Gasteiger charge is -2.08. The third-order valence-corrected chi connectivity index (χ3v) is 2.52.